The number of aromatic nitrogens is 2. The molecule has 0 aromatic carbocycles. The maximum Gasteiger partial charge on any atom is 0.329 e. The van der Waals surface area contributed by atoms with Crippen molar-refractivity contribution < 1.29 is 4.92 Å². The van der Waals surface area contributed by atoms with E-state index in [1.165, 1.54) is 6.20 Å². The molecule has 2 aromatic heterocycles. The van der Waals surface area contributed by atoms with Gasteiger partial charge in [0.1, 0.15) is 6.20 Å². The second-order valence-corrected chi connectivity index (χ2v) is 4.92. The maximum absolute atomic E-state index is 11.0. The van der Waals surface area contributed by atoms with Gasteiger partial charge < -0.3 is 10.6 Å². The van der Waals surface area contributed by atoms with Crippen molar-refractivity contribution in [2.45, 2.75) is 19.9 Å². The van der Waals surface area contributed by atoms with Crippen molar-refractivity contribution in [2.75, 3.05) is 17.2 Å². The van der Waals surface area contributed by atoms with Crippen LogP contribution in [0, 0.1) is 10.1 Å². The zero-order valence-corrected chi connectivity index (χ0v) is 12.0. The molecule has 1 unspecified atom stereocenters. The van der Waals surface area contributed by atoms with Gasteiger partial charge in [0.15, 0.2) is 0 Å². The summed E-state index contributed by atoms with van der Waals surface area (Å²) in [4.78, 5) is 18.6. The first-order valence-electron chi connectivity index (χ1n) is 6.15. The van der Waals surface area contributed by atoms with Gasteiger partial charge in [-0.15, -0.1) is 0 Å². The maximum atomic E-state index is 11.0. The van der Waals surface area contributed by atoms with Crippen molar-refractivity contribution in [1.29, 1.82) is 0 Å². The van der Waals surface area contributed by atoms with Crippen molar-refractivity contribution in [1.82, 2.24) is 9.97 Å². The van der Waals surface area contributed by atoms with E-state index in [1.807, 2.05) is 30.7 Å². The summed E-state index contributed by atoms with van der Waals surface area (Å²) in [5.41, 5.74) is 0.932. The third kappa shape index (κ3) is 3.21. The molecule has 0 bridgehead atoms. The lowest BCUT2D eigenvalue weighted by Gasteiger charge is -2.13. The standard InChI is InChI=1S/C12H15N5O2S/c1-3-13-12-14-6-10(17(18)19)11(16-12)15-8(2)9-4-5-20-7-9/h4-8H,3H2,1-2H3,(H2,13,14,15,16). The SMILES string of the molecule is CCNc1ncc([N+](=O)[O-])c(NC(C)c2ccsc2)n1. The molecule has 2 rings (SSSR count). The van der Waals surface area contributed by atoms with E-state index in [4.69, 9.17) is 0 Å². The Morgan fingerprint density at radius 3 is 2.95 bits per heavy atom. The molecule has 0 saturated carbocycles. The minimum absolute atomic E-state index is 0.0654. The first-order chi connectivity index (χ1) is 9.61. The zero-order chi connectivity index (χ0) is 14.5. The normalized spacial score (nSPS) is 11.9. The van der Waals surface area contributed by atoms with Gasteiger partial charge in [-0.2, -0.15) is 16.3 Å². The lowest BCUT2D eigenvalue weighted by atomic mass is 10.2. The van der Waals surface area contributed by atoms with Crippen molar-refractivity contribution in [3.05, 3.63) is 38.7 Å². The molecule has 0 radical (unpaired) electrons. The lowest BCUT2D eigenvalue weighted by molar-refractivity contribution is -0.384. The van der Waals surface area contributed by atoms with Crippen LogP contribution in [-0.2, 0) is 0 Å². The number of nitro groups is 1. The van der Waals surface area contributed by atoms with Gasteiger partial charge in [0, 0.05) is 6.54 Å². The summed E-state index contributed by atoms with van der Waals surface area (Å²) in [6.45, 7) is 4.49. The van der Waals surface area contributed by atoms with E-state index in [0.29, 0.717) is 12.5 Å². The van der Waals surface area contributed by atoms with E-state index < -0.39 is 4.92 Å². The molecular weight excluding hydrogens is 278 g/mol. The molecule has 2 N–H and O–H groups in total. The van der Waals surface area contributed by atoms with Crippen LogP contribution < -0.4 is 10.6 Å². The molecular formula is C12H15N5O2S. The molecule has 0 spiro atoms. The number of thiophene rings is 1. The third-order valence-corrected chi connectivity index (χ3v) is 3.40. The summed E-state index contributed by atoms with van der Waals surface area (Å²) in [6.07, 6.45) is 1.22. The van der Waals surface area contributed by atoms with Crippen LogP contribution in [0.5, 0.6) is 0 Å². The summed E-state index contributed by atoms with van der Waals surface area (Å²) >= 11 is 1.58. The second-order valence-electron chi connectivity index (χ2n) is 4.14. The number of hydrogen-bond acceptors (Lipinski definition) is 7. The van der Waals surface area contributed by atoms with Gasteiger partial charge in [-0.05, 0) is 36.2 Å². The summed E-state index contributed by atoms with van der Waals surface area (Å²) in [7, 11) is 0. The van der Waals surface area contributed by atoms with Crippen LogP contribution in [0.2, 0.25) is 0 Å². The minimum Gasteiger partial charge on any atom is -0.358 e. The van der Waals surface area contributed by atoms with Crippen LogP contribution in [0.25, 0.3) is 0 Å². The number of anilines is 2. The Hall–Kier alpha value is -2.22. The van der Waals surface area contributed by atoms with Gasteiger partial charge >= 0.3 is 5.69 Å². The second kappa shape index (κ2) is 6.29. The summed E-state index contributed by atoms with van der Waals surface area (Å²) in [5.74, 6) is 0.595. The molecule has 0 aliphatic heterocycles. The van der Waals surface area contributed by atoms with Crippen molar-refractivity contribution in [3.8, 4) is 0 Å². The third-order valence-electron chi connectivity index (χ3n) is 2.70. The van der Waals surface area contributed by atoms with E-state index in [-0.39, 0.29) is 17.5 Å². The molecule has 0 aliphatic carbocycles. The van der Waals surface area contributed by atoms with Crippen LogP contribution in [0.15, 0.2) is 23.0 Å². The molecule has 1 atom stereocenters. The first-order valence-corrected chi connectivity index (χ1v) is 7.10. The predicted octanol–water partition coefficient (Wildman–Crippen LogP) is 3.05. The van der Waals surface area contributed by atoms with Gasteiger partial charge in [-0.25, -0.2) is 4.98 Å². The van der Waals surface area contributed by atoms with Gasteiger partial charge in [0.2, 0.25) is 11.8 Å². The van der Waals surface area contributed by atoms with Crippen molar-refractivity contribution in [3.63, 3.8) is 0 Å². The average molecular weight is 293 g/mol. The quantitative estimate of drug-likeness (QED) is 0.628. The van der Waals surface area contributed by atoms with Gasteiger partial charge in [0.05, 0.1) is 11.0 Å². The monoisotopic (exact) mass is 293 g/mol. The highest BCUT2D eigenvalue weighted by Crippen LogP contribution is 2.27. The van der Waals surface area contributed by atoms with Crippen LogP contribution in [0.3, 0.4) is 0 Å². The molecule has 2 aromatic rings. The molecule has 0 fully saturated rings. The Morgan fingerprint density at radius 1 is 1.55 bits per heavy atom. The smallest absolute Gasteiger partial charge is 0.329 e. The fourth-order valence-electron chi connectivity index (χ4n) is 1.67. The Bertz CT molecular complexity index is 588. The van der Waals surface area contributed by atoms with E-state index in [1.54, 1.807) is 11.3 Å². The highest BCUT2D eigenvalue weighted by molar-refractivity contribution is 7.07. The Kier molecular flexibility index (Phi) is 4.46. The average Bonchev–Trinajstić information content (AvgIpc) is 2.93. The molecule has 0 aliphatic rings. The highest BCUT2D eigenvalue weighted by Gasteiger charge is 2.19. The van der Waals surface area contributed by atoms with E-state index >= 15 is 0 Å². The largest absolute Gasteiger partial charge is 0.358 e. The first kappa shape index (κ1) is 14.2. The molecule has 0 saturated heterocycles. The van der Waals surface area contributed by atoms with E-state index in [2.05, 4.69) is 20.6 Å². The number of hydrogen-bond donors (Lipinski definition) is 2. The fourth-order valence-corrected chi connectivity index (χ4v) is 2.42. The zero-order valence-electron chi connectivity index (χ0n) is 11.2. The summed E-state index contributed by atoms with van der Waals surface area (Å²) in [6, 6.07) is 1.91. The van der Waals surface area contributed by atoms with Crippen molar-refractivity contribution in [2.24, 2.45) is 0 Å². The predicted molar refractivity (Wildman–Crippen MR) is 79.2 cm³/mol. The van der Waals surface area contributed by atoms with Gasteiger partial charge in [-0.1, -0.05) is 0 Å². The van der Waals surface area contributed by atoms with Crippen LogP contribution in [-0.4, -0.2) is 21.4 Å². The lowest BCUT2D eigenvalue weighted by Crippen LogP contribution is -2.11. The summed E-state index contributed by atoms with van der Waals surface area (Å²) < 4.78 is 0. The van der Waals surface area contributed by atoms with Crippen LogP contribution >= 0.6 is 11.3 Å². The highest BCUT2D eigenvalue weighted by atomic mass is 32.1. The topological polar surface area (TPSA) is 93.0 Å². The number of nitrogens with zero attached hydrogens (tertiary/aromatic N) is 3. The molecule has 8 heteroatoms. The van der Waals surface area contributed by atoms with E-state index in [0.717, 1.165) is 5.56 Å². The fraction of sp³-hybridized carbons (Fsp3) is 0.333. The van der Waals surface area contributed by atoms with Gasteiger partial charge in [0.25, 0.3) is 0 Å². The Labute approximate surface area is 120 Å². The molecule has 2 heterocycles. The molecule has 0 amide bonds. The van der Waals surface area contributed by atoms with Gasteiger partial charge in [-0.3, -0.25) is 10.1 Å². The number of rotatable bonds is 6. The molecule has 20 heavy (non-hydrogen) atoms. The molecule has 7 nitrogen and oxygen atoms in total. The van der Waals surface area contributed by atoms with Crippen molar-refractivity contribution >= 4 is 28.8 Å². The van der Waals surface area contributed by atoms with Crippen LogP contribution in [0.4, 0.5) is 17.5 Å². The number of nitrogens with one attached hydrogen (secondary N) is 2. The Morgan fingerprint density at radius 2 is 2.35 bits per heavy atom. The van der Waals surface area contributed by atoms with E-state index in [9.17, 15) is 10.1 Å². The molecule has 106 valence electrons. The Balaban J connectivity index is 2.27. The van der Waals surface area contributed by atoms with Crippen LogP contribution in [0.1, 0.15) is 25.5 Å². The minimum atomic E-state index is -0.488. The summed E-state index contributed by atoms with van der Waals surface area (Å²) in [5, 5.41) is 21.0.